The van der Waals surface area contributed by atoms with E-state index < -0.39 is 16.8 Å². The molecule has 21 heavy (non-hydrogen) atoms. The zero-order valence-corrected chi connectivity index (χ0v) is 13.5. The molecule has 0 unspecified atom stereocenters. The van der Waals surface area contributed by atoms with Crippen LogP contribution in [0.3, 0.4) is 0 Å². The normalized spacial score (nSPS) is 29.9. The van der Waals surface area contributed by atoms with Crippen LogP contribution < -0.4 is 0 Å². The predicted octanol–water partition coefficient (Wildman–Crippen LogP) is 2.44. The van der Waals surface area contributed by atoms with Crippen molar-refractivity contribution in [3.05, 3.63) is 35.9 Å². The first-order valence-corrected chi connectivity index (χ1v) is 8.73. The first kappa shape index (κ1) is 14.8. The third kappa shape index (κ3) is 2.44. The van der Waals surface area contributed by atoms with Gasteiger partial charge in [0.1, 0.15) is 16.7 Å². The maximum Gasteiger partial charge on any atom is 0.327 e. The second-order valence-corrected chi connectivity index (χ2v) is 8.72. The molecule has 0 aromatic heterocycles. The molecule has 2 fully saturated rings. The van der Waals surface area contributed by atoms with Crippen LogP contribution in [0.15, 0.2) is 30.3 Å². The molecule has 4 nitrogen and oxygen atoms in total. The van der Waals surface area contributed by atoms with E-state index in [0.717, 1.165) is 5.75 Å². The van der Waals surface area contributed by atoms with E-state index in [9.17, 15) is 14.7 Å². The molecule has 2 saturated heterocycles. The van der Waals surface area contributed by atoms with Gasteiger partial charge in [0.2, 0.25) is 5.91 Å². The topological polar surface area (TPSA) is 57.6 Å². The summed E-state index contributed by atoms with van der Waals surface area (Å²) < 4.78 is -0.436. The summed E-state index contributed by atoms with van der Waals surface area (Å²) in [7, 11) is 0. The van der Waals surface area contributed by atoms with E-state index in [0.29, 0.717) is 0 Å². The molecule has 3 atom stereocenters. The zero-order valence-electron chi connectivity index (χ0n) is 11.9. The molecule has 0 spiro atoms. The molecule has 112 valence electrons. The van der Waals surface area contributed by atoms with Crippen LogP contribution in [0.4, 0.5) is 0 Å². The lowest BCUT2D eigenvalue weighted by atomic mass is 9.98. The zero-order chi connectivity index (χ0) is 15.2. The number of fused-ring (bicyclic) bond motifs is 1. The highest BCUT2D eigenvalue weighted by molar-refractivity contribution is 8.05. The molecule has 1 aromatic carbocycles. The van der Waals surface area contributed by atoms with Crippen LogP contribution in [-0.2, 0) is 15.3 Å². The Kier molecular flexibility index (Phi) is 3.69. The maximum atomic E-state index is 12.3. The Balaban J connectivity index is 1.69. The van der Waals surface area contributed by atoms with Gasteiger partial charge in [-0.25, -0.2) is 4.79 Å². The molecule has 0 radical (unpaired) electrons. The minimum Gasteiger partial charge on any atom is -0.480 e. The second-order valence-electron chi connectivity index (χ2n) is 5.82. The van der Waals surface area contributed by atoms with Gasteiger partial charge in [0.25, 0.3) is 0 Å². The number of rotatable bonds is 4. The summed E-state index contributed by atoms with van der Waals surface area (Å²) >= 11 is 3.21. The van der Waals surface area contributed by atoms with Gasteiger partial charge >= 0.3 is 5.97 Å². The average molecular weight is 323 g/mol. The van der Waals surface area contributed by atoms with Gasteiger partial charge in [-0.2, -0.15) is 0 Å². The van der Waals surface area contributed by atoms with Gasteiger partial charge < -0.3 is 10.0 Å². The summed E-state index contributed by atoms with van der Waals surface area (Å²) in [6, 6.07) is 9.31. The third-order valence-electron chi connectivity index (χ3n) is 3.90. The fraction of sp³-hybridized carbons (Fsp3) is 0.467. The lowest BCUT2D eigenvalue weighted by molar-refractivity contribution is -0.156. The SMILES string of the molecule is CC1(C)S[C@@H]2[C@H](SCc3ccccc3)C(=O)N2[C@H]1C(=O)O. The largest absolute Gasteiger partial charge is 0.480 e. The quantitative estimate of drug-likeness (QED) is 0.863. The van der Waals surface area contributed by atoms with E-state index in [4.69, 9.17) is 0 Å². The number of carbonyl (C=O) groups excluding carboxylic acids is 1. The number of carboxylic acids is 1. The van der Waals surface area contributed by atoms with Crippen LogP contribution in [0.1, 0.15) is 19.4 Å². The second kappa shape index (κ2) is 5.25. The molecule has 1 aromatic rings. The molecule has 1 N–H and O–H groups in total. The van der Waals surface area contributed by atoms with Crippen LogP contribution in [0.25, 0.3) is 0 Å². The van der Waals surface area contributed by atoms with E-state index >= 15 is 0 Å². The van der Waals surface area contributed by atoms with Gasteiger partial charge in [0, 0.05) is 10.5 Å². The first-order chi connectivity index (χ1) is 9.92. The Morgan fingerprint density at radius 2 is 2.05 bits per heavy atom. The van der Waals surface area contributed by atoms with Crippen LogP contribution in [-0.4, -0.2) is 43.3 Å². The number of carbonyl (C=O) groups is 2. The lowest BCUT2D eigenvalue weighted by Crippen LogP contribution is -2.64. The molecule has 0 aliphatic carbocycles. The minimum atomic E-state index is -0.908. The Morgan fingerprint density at radius 3 is 2.67 bits per heavy atom. The Labute approximate surface area is 132 Å². The van der Waals surface area contributed by atoms with Crippen LogP contribution in [0.5, 0.6) is 0 Å². The number of amides is 1. The molecular formula is C15H17NO3S2. The molecule has 6 heteroatoms. The highest BCUT2D eigenvalue weighted by Crippen LogP contribution is 2.54. The smallest absolute Gasteiger partial charge is 0.327 e. The molecular weight excluding hydrogens is 306 g/mol. The van der Waals surface area contributed by atoms with Crippen molar-refractivity contribution in [2.45, 2.75) is 41.0 Å². The number of benzene rings is 1. The molecule has 3 rings (SSSR count). The number of carboxylic acid groups (broad SMARTS) is 1. The number of β-lactam (4-membered cyclic amide) rings is 1. The fourth-order valence-corrected chi connectivity index (χ4v) is 5.96. The van der Waals surface area contributed by atoms with Crippen LogP contribution in [0.2, 0.25) is 0 Å². The number of thioether (sulfide) groups is 2. The van der Waals surface area contributed by atoms with Crippen molar-refractivity contribution in [2.75, 3.05) is 0 Å². The third-order valence-corrected chi connectivity index (χ3v) is 6.96. The summed E-state index contributed by atoms with van der Waals surface area (Å²) in [6.07, 6.45) is 0. The summed E-state index contributed by atoms with van der Waals surface area (Å²) in [4.78, 5) is 25.3. The van der Waals surface area contributed by atoms with Crippen LogP contribution >= 0.6 is 23.5 Å². The van der Waals surface area contributed by atoms with E-state index in [1.54, 1.807) is 28.4 Å². The minimum absolute atomic E-state index is 0.0117. The van der Waals surface area contributed by atoms with Crippen molar-refractivity contribution in [3.63, 3.8) is 0 Å². The highest BCUT2D eigenvalue weighted by atomic mass is 32.2. The predicted molar refractivity (Wildman–Crippen MR) is 85.3 cm³/mol. The van der Waals surface area contributed by atoms with Gasteiger partial charge in [-0.05, 0) is 19.4 Å². The average Bonchev–Trinajstić information content (AvgIpc) is 2.69. The van der Waals surface area contributed by atoms with Gasteiger partial charge in [0.15, 0.2) is 0 Å². The van der Waals surface area contributed by atoms with E-state index in [1.807, 2.05) is 44.2 Å². The molecule has 0 saturated carbocycles. The summed E-state index contributed by atoms with van der Waals surface area (Å²) in [6.45, 7) is 3.81. The van der Waals surface area contributed by atoms with Gasteiger partial charge in [-0.1, -0.05) is 30.3 Å². The molecule has 1 amide bonds. The molecule has 2 heterocycles. The fourth-order valence-electron chi connectivity index (χ4n) is 2.89. The highest BCUT2D eigenvalue weighted by Gasteiger charge is 2.63. The maximum absolute atomic E-state index is 12.3. The Hall–Kier alpha value is -1.14. The van der Waals surface area contributed by atoms with Crippen molar-refractivity contribution in [1.82, 2.24) is 4.90 Å². The molecule has 0 bridgehead atoms. The lowest BCUT2D eigenvalue weighted by Gasteiger charge is -2.43. The molecule has 2 aliphatic heterocycles. The van der Waals surface area contributed by atoms with Crippen molar-refractivity contribution >= 4 is 35.4 Å². The van der Waals surface area contributed by atoms with Gasteiger partial charge in [0.05, 0.1) is 0 Å². The van der Waals surface area contributed by atoms with Gasteiger partial charge in [-0.3, -0.25) is 4.79 Å². The standard InChI is InChI=1S/C15H17NO3S2/c1-15(2)11(14(18)19)16-12(17)10(13(16)21-15)20-8-9-6-4-3-5-7-9/h3-7,10-11,13H,8H2,1-2H3,(H,18,19)/t10-,11+,13-/m1/s1. The van der Waals surface area contributed by atoms with Crippen molar-refractivity contribution in [2.24, 2.45) is 0 Å². The van der Waals surface area contributed by atoms with Crippen LogP contribution in [0, 0.1) is 0 Å². The van der Waals surface area contributed by atoms with Crippen molar-refractivity contribution < 1.29 is 14.7 Å². The van der Waals surface area contributed by atoms with Gasteiger partial charge in [-0.15, -0.1) is 23.5 Å². The van der Waals surface area contributed by atoms with Crippen molar-refractivity contribution in [1.29, 1.82) is 0 Å². The van der Waals surface area contributed by atoms with E-state index in [2.05, 4.69) is 0 Å². The van der Waals surface area contributed by atoms with E-state index in [1.165, 1.54) is 5.56 Å². The monoisotopic (exact) mass is 323 g/mol. The number of aliphatic carboxylic acids is 1. The number of hydrogen-bond acceptors (Lipinski definition) is 4. The Bertz CT molecular complexity index is 576. The first-order valence-electron chi connectivity index (χ1n) is 6.80. The van der Waals surface area contributed by atoms with Crippen molar-refractivity contribution in [3.8, 4) is 0 Å². The Morgan fingerprint density at radius 1 is 1.38 bits per heavy atom. The number of nitrogens with zero attached hydrogens (tertiary/aromatic N) is 1. The number of hydrogen-bond donors (Lipinski definition) is 1. The summed E-state index contributed by atoms with van der Waals surface area (Å²) in [5.41, 5.74) is 1.19. The van der Waals surface area contributed by atoms with E-state index in [-0.39, 0.29) is 16.5 Å². The molecule has 2 aliphatic rings. The summed E-state index contributed by atoms with van der Waals surface area (Å²) in [5, 5.41) is 9.23. The summed E-state index contributed by atoms with van der Waals surface area (Å²) in [5.74, 6) is -0.165.